The summed E-state index contributed by atoms with van der Waals surface area (Å²) in [6, 6.07) is 5.04. The second kappa shape index (κ2) is 9.45. The highest BCUT2D eigenvalue weighted by atomic mass is 35.5. The highest BCUT2D eigenvalue weighted by molar-refractivity contribution is 7.91. The molecule has 0 radical (unpaired) electrons. The molecule has 9 heteroatoms. The largest absolute Gasteiger partial charge is 0.353 e. The van der Waals surface area contributed by atoms with E-state index in [2.05, 4.69) is 5.32 Å². The highest BCUT2D eigenvalue weighted by Gasteiger charge is 2.27. The van der Waals surface area contributed by atoms with E-state index < -0.39 is 20.5 Å². The lowest BCUT2D eigenvalue weighted by atomic mass is 9.84. The number of nitrogens with one attached hydrogen (secondary N) is 1. The summed E-state index contributed by atoms with van der Waals surface area (Å²) in [7, 11) is -4.60. The molecule has 1 fully saturated rings. The summed E-state index contributed by atoms with van der Waals surface area (Å²) < 4.78 is 47.7. The molecular weight excluding hydrogens is 374 g/mol. The molecule has 0 aromatic heterocycles. The minimum Gasteiger partial charge on any atom is -0.353 e. The normalized spacial score (nSPS) is 20.8. The van der Waals surface area contributed by atoms with Crippen molar-refractivity contribution in [3.8, 4) is 0 Å². The summed E-state index contributed by atoms with van der Waals surface area (Å²) in [5.41, 5.74) is 6.30. The molecule has 1 aliphatic rings. The minimum absolute atomic E-state index is 0. The molecule has 0 aliphatic heterocycles. The molecule has 1 amide bonds. The van der Waals surface area contributed by atoms with Gasteiger partial charge in [-0.25, -0.2) is 8.42 Å². The van der Waals surface area contributed by atoms with Crippen LogP contribution in [0.25, 0.3) is 0 Å². The molecule has 5 nitrogen and oxygen atoms in total. The van der Waals surface area contributed by atoms with Crippen LogP contribution in [0.15, 0.2) is 29.2 Å². The maximum Gasteiger partial charge on any atom is 0.341 e. The summed E-state index contributed by atoms with van der Waals surface area (Å²) in [4.78, 5) is 11.7. The van der Waals surface area contributed by atoms with E-state index >= 15 is 0 Å². The van der Waals surface area contributed by atoms with Gasteiger partial charge in [-0.1, -0.05) is 25.0 Å². The summed E-state index contributed by atoms with van der Waals surface area (Å²) >= 11 is 0. The lowest BCUT2D eigenvalue weighted by molar-refractivity contribution is -0.121. The van der Waals surface area contributed by atoms with Crippen LogP contribution in [0.5, 0.6) is 0 Å². The van der Waals surface area contributed by atoms with E-state index in [1.54, 1.807) is 0 Å². The number of halogens is 3. The summed E-state index contributed by atoms with van der Waals surface area (Å²) in [6.45, 7) is 0.533. The number of alkyl halides is 2. The standard InChI is InChI=1S/C16H22F2N2O3S.ClH/c17-16(18)24(22,23)13-7-5-11(6-8-13)9-15(21)20-14-4-2-1-3-12(14)10-19;/h5-8,12,14,16H,1-4,9-10,19H2,(H,20,21);1H. The van der Waals surface area contributed by atoms with Gasteiger partial charge < -0.3 is 11.1 Å². The predicted octanol–water partition coefficient (Wildman–Crippen LogP) is 2.28. The van der Waals surface area contributed by atoms with Crippen LogP contribution in [-0.4, -0.2) is 32.7 Å². The molecule has 2 rings (SSSR count). The lowest BCUT2D eigenvalue weighted by Gasteiger charge is -2.31. The van der Waals surface area contributed by atoms with Crippen molar-refractivity contribution in [3.63, 3.8) is 0 Å². The Morgan fingerprint density at radius 3 is 2.36 bits per heavy atom. The maximum absolute atomic E-state index is 12.5. The number of sulfone groups is 1. The van der Waals surface area contributed by atoms with Crippen LogP contribution in [0, 0.1) is 5.92 Å². The third-order valence-corrected chi connectivity index (χ3v) is 5.81. The SMILES string of the molecule is Cl.NCC1CCCCC1NC(=O)Cc1ccc(S(=O)(=O)C(F)F)cc1. The summed E-state index contributed by atoms with van der Waals surface area (Å²) in [5, 5.41) is 2.97. The molecule has 3 N–H and O–H groups in total. The van der Waals surface area contributed by atoms with E-state index in [-0.39, 0.29) is 36.7 Å². The minimum atomic E-state index is -4.60. The second-order valence-electron chi connectivity index (χ2n) is 6.08. The molecular formula is C16H23ClF2N2O3S. The van der Waals surface area contributed by atoms with Gasteiger partial charge in [0, 0.05) is 6.04 Å². The molecule has 2 unspecified atom stereocenters. The van der Waals surface area contributed by atoms with Crippen LogP contribution in [0.4, 0.5) is 8.78 Å². The van der Waals surface area contributed by atoms with Crippen molar-refractivity contribution < 1.29 is 22.0 Å². The van der Waals surface area contributed by atoms with Crippen molar-refractivity contribution in [2.24, 2.45) is 11.7 Å². The van der Waals surface area contributed by atoms with Crippen LogP contribution in [0.2, 0.25) is 0 Å². The molecule has 142 valence electrons. The van der Waals surface area contributed by atoms with Crippen molar-refractivity contribution in [3.05, 3.63) is 29.8 Å². The lowest BCUT2D eigenvalue weighted by Crippen LogP contribution is -2.45. The predicted molar refractivity (Wildman–Crippen MR) is 93.5 cm³/mol. The number of carbonyl (C=O) groups excluding carboxylic acids is 1. The molecule has 1 saturated carbocycles. The zero-order valence-electron chi connectivity index (χ0n) is 13.7. The van der Waals surface area contributed by atoms with Crippen molar-refractivity contribution in [2.45, 2.75) is 48.8 Å². The average Bonchev–Trinajstić information content (AvgIpc) is 2.55. The molecule has 0 saturated heterocycles. The molecule has 0 spiro atoms. The Kier molecular flexibility index (Phi) is 8.24. The number of rotatable bonds is 6. The fourth-order valence-corrected chi connectivity index (χ4v) is 3.74. The number of carbonyl (C=O) groups is 1. The topological polar surface area (TPSA) is 89.3 Å². The zero-order chi connectivity index (χ0) is 17.7. The van der Waals surface area contributed by atoms with Crippen molar-refractivity contribution >= 4 is 28.2 Å². The van der Waals surface area contributed by atoms with Crippen molar-refractivity contribution in [2.75, 3.05) is 6.54 Å². The maximum atomic E-state index is 12.5. The number of benzene rings is 1. The molecule has 1 aliphatic carbocycles. The van der Waals surface area contributed by atoms with Crippen LogP contribution in [-0.2, 0) is 21.1 Å². The quantitative estimate of drug-likeness (QED) is 0.772. The zero-order valence-corrected chi connectivity index (χ0v) is 15.3. The van der Waals surface area contributed by atoms with Crippen molar-refractivity contribution in [1.82, 2.24) is 5.32 Å². The monoisotopic (exact) mass is 396 g/mol. The molecule has 0 bridgehead atoms. The second-order valence-corrected chi connectivity index (χ2v) is 8.00. The first-order valence-electron chi connectivity index (χ1n) is 7.95. The van der Waals surface area contributed by atoms with E-state index in [9.17, 15) is 22.0 Å². The Morgan fingerprint density at radius 1 is 1.20 bits per heavy atom. The number of hydrogen-bond donors (Lipinski definition) is 2. The van der Waals surface area contributed by atoms with Crippen LogP contribution in [0.1, 0.15) is 31.2 Å². The third kappa shape index (κ3) is 5.62. The Bertz CT molecular complexity index is 668. The van der Waals surface area contributed by atoms with Gasteiger partial charge in [0.25, 0.3) is 0 Å². The smallest absolute Gasteiger partial charge is 0.341 e. The van der Waals surface area contributed by atoms with Gasteiger partial charge in [0.05, 0.1) is 11.3 Å². The van der Waals surface area contributed by atoms with Gasteiger partial charge in [-0.15, -0.1) is 12.4 Å². The fraction of sp³-hybridized carbons (Fsp3) is 0.562. The summed E-state index contributed by atoms with van der Waals surface area (Å²) in [5.74, 6) is -3.35. The van der Waals surface area contributed by atoms with Crippen LogP contribution < -0.4 is 11.1 Å². The molecule has 1 aromatic carbocycles. The van der Waals surface area contributed by atoms with Gasteiger partial charge in [-0.3, -0.25) is 4.79 Å². The molecule has 2 atom stereocenters. The average molecular weight is 397 g/mol. The van der Waals surface area contributed by atoms with E-state index in [4.69, 9.17) is 5.73 Å². The van der Waals surface area contributed by atoms with E-state index in [1.165, 1.54) is 12.1 Å². The molecule has 25 heavy (non-hydrogen) atoms. The number of amides is 1. The molecule has 1 aromatic rings. The Labute approximate surface area is 152 Å². The Balaban J connectivity index is 0.00000312. The Morgan fingerprint density at radius 2 is 1.80 bits per heavy atom. The van der Waals surface area contributed by atoms with Gasteiger partial charge in [-0.05, 0) is 43.0 Å². The van der Waals surface area contributed by atoms with Crippen LogP contribution >= 0.6 is 12.4 Å². The molecule has 0 heterocycles. The van der Waals surface area contributed by atoms with Gasteiger partial charge in [0.1, 0.15) is 0 Å². The van der Waals surface area contributed by atoms with Crippen molar-refractivity contribution in [1.29, 1.82) is 0 Å². The van der Waals surface area contributed by atoms with Gasteiger partial charge >= 0.3 is 5.76 Å². The van der Waals surface area contributed by atoms with Gasteiger partial charge in [0.15, 0.2) is 0 Å². The first kappa shape index (κ1) is 21.8. The highest BCUT2D eigenvalue weighted by Crippen LogP contribution is 2.24. The van der Waals surface area contributed by atoms with Gasteiger partial charge in [-0.2, -0.15) is 8.78 Å². The Hall–Kier alpha value is -1.25. The number of nitrogens with two attached hydrogens (primary N) is 1. The van der Waals surface area contributed by atoms with E-state index in [1.807, 2.05) is 0 Å². The summed E-state index contributed by atoms with van der Waals surface area (Å²) in [6.07, 6.45) is 4.15. The fourth-order valence-electron chi connectivity index (χ4n) is 3.02. The third-order valence-electron chi connectivity index (χ3n) is 4.41. The first-order valence-corrected chi connectivity index (χ1v) is 9.49. The van der Waals surface area contributed by atoms with Gasteiger partial charge in [0.2, 0.25) is 15.7 Å². The van der Waals surface area contributed by atoms with Crippen LogP contribution in [0.3, 0.4) is 0 Å². The van der Waals surface area contributed by atoms with E-state index in [0.29, 0.717) is 12.1 Å². The van der Waals surface area contributed by atoms with E-state index in [0.717, 1.165) is 37.8 Å². The number of hydrogen-bond acceptors (Lipinski definition) is 4. The first-order chi connectivity index (χ1) is 11.3.